The van der Waals surface area contributed by atoms with Gasteiger partial charge in [0.15, 0.2) is 0 Å². The molecule has 5 heteroatoms. The lowest BCUT2D eigenvalue weighted by Crippen LogP contribution is -2.45. The van der Waals surface area contributed by atoms with Gasteiger partial charge in [-0.1, -0.05) is 5.10 Å². The lowest BCUT2D eigenvalue weighted by Gasteiger charge is -2.32. The molecule has 5 nitrogen and oxygen atoms in total. The highest BCUT2D eigenvalue weighted by atomic mass is 16.4. The minimum Gasteiger partial charge on any atom is -0.411 e. The van der Waals surface area contributed by atoms with Crippen LogP contribution in [0.2, 0.25) is 0 Å². The first-order valence-electron chi connectivity index (χ1n) is 5.15. The van der Waals surface area contributed by atoms with E-state index in [1.165, 1.54) is 25.7 Å². The Morgan fingerprint density at radius 2 is 2.50 bits per heavy atom. The van der Waals surface area contributed by atoms with Crippen molar-refractivity contribution in [1.82, 2.24) is 15.5 Å². The van der Waals surface area contributed by atoms with Crippen molar-refractivity contribution in [3.63, 3.8) is 0 Å². The zero-order chi connectivity index (χ0) is 9.43. The monoisotopic (exact) mass is 194 g/mol. The van der Waals surface area contributed by atoms with Crippen molar-refractivity contribution in [2.24, 2.45) is 0 Å². The molecule has 0 aliphatic carbocycles. The van der Waals surface area contributed by atoms with Crippen LogP contribution in [0.25, 0.3) is 0 Å². The van der Waals surface area contributed by atoms with Gasteiger partial charge in [-0.15, -0.1) is 5.10 Å². The number of rotatable bonds is 1. The first-order chi connectivity index (χ1) is 6.91. The standard InChI is InChI=1S/C9H14N4O/c1-2-9(3-4-10-6-9)13(5-1)8-12-11-7-14-8/h7,10H,1-6H2. The predicted octanol–water partition coefficient (Wildman–Crippen LogP) is 0.402. The number of hydrogen-bond acceptors (Lipinski definition) is 5. The summed E-state index contributed by atoms with van der Waals surface area (Å²) in [5, 5.41) is 11.2. The molecule has 0 radical (unpaired) electrons. The fraction of sp³-hybridized carbons (Fsp3) is 0.778. The van der Waals surface area contributed by atoms with Gasteiger partial charge >= 0.3 is 6.01 Å². The zero-order valence-corrected chi connectivity index (χ0v) is 8.07. The van der Waals surface area contributed by atoms with Crippen molar-refractivity contribution in [2.75, 3.05) is 24.5 Å². The Kier molecular flexibility index (Phi) is 1.73. The van der Waals surface area contributed by atoms with Gasteiger partial charge in [-0.05, 0) is 25.8 Å². The van der Waals surface area contributed by atoms with Crippen molar-refractivity contribution < 1.29 is 4.42 Å². The average Bonchev–Trinajstić information content (AvgIpc) is 2.91. The molecule has 3 rings (SSSR count). The van der Waals surface area contributed by atoms with Crippen LogP contribution in [0.1, 0.15) is 19.3 Å². The Labute approximate surface area is 82.5 Å². The third-order valence-electron chi connectivity index (χ3n) is 3.40. The van der Waals surface area contributed by atoms with Crippen LogP contribution in [0.5, 0.6) is 0 Å². The van der Waals surface area contributed by atoms with Crippen LogP contribution in [-0.2, 0) is 0 Å². The molecule has 1 aromatic heterocycles. The highest BCUT2D eigenvalue weighted by Gasteiger charge is 2.44. The summed E-state index contributed by atoms with van der Waals surface area (Å²) in [5.74, 6) is 0. The number of hydrogen-bond donors (Lipinski definition) is 1. The van der Waals surface area contributed by atoms with Crippen LogP contribution in [0, 0.1) is 0 Å². The van der Waals surface area contributed by atoms with Gasteiger partial charge in [0.2, 0.25) is 6.39 Å². The van der Waals surface area contributed by atoms with E-state index < -0.39 is 0 Å². The first kappa shape index (κ1) is 8.23. The minimum atomic E-state index is 0.256. The predicted molar refractivity (Wildman–Crippen MR) is 51.1 cm³/mol. The maximum absolute atomic E-state index is 5.28. The molecule has 3 heterocycles. The second kappa shape index (κ2) is 2.95. The summed E-state index contributed by atoms with van der Waals surface area (Å²) in [5.41, 5.74) is 0.256. The van der Waals surface area contributed by atoms with Crippen molar-refractivity contribution in [2.45, 2.75) is 24.8 Å². The van der Waals surface area contributed by atoms with E-state index in [0.29, 0.717) is 6.01 Å². The Morgan fingerprint density at radius 1 is 1.50 bits per heavy atom. The highest BCUT2D eigenvalue weighted by molar-refractivity contribution is 5.34. The summed E-state index contributed by atoms with van der Waals surface area (Å²) in [7, 11) is 0. The zero-order valence-electron chi connectivity index (χ0n) is 8.07. The van der Waals surface area contributed by atoms with Gasteiger partial charge in [-0.25, -0.2) is 0 Å². The summed E-state index contributed by atoms with van der Waals surface area (Å²) in [6.45, 7) is 3.20. The minimum absolute atomic E-state index is 0.256. The van der Waals surface area contributed by atoms with Crippen molar-refractivity contribution >= 4 is 6.01 Å². The quantitative estimate of drug-likeness (QED) is 0.701. The summed E-state index contributed by atoms with van der Waals surface area (Å²) < 4.78 is 5.28. The molecule has 0 amide bonds. The maximum atomic E-state index is 5.28. The lowest BCUT2D eigenvalue weighted by atomic mass is 9.96. The van der Waals surface area contributed by atoms with Crippen LogP contribution in [0.15, 0.2) is 10.8 Å². The Hall–Kier alpha value is -1.10. The largest absolute Gasteiger partial charge is 0.411 e. The van der Waals surface area contributed by atoms with E-state index in [-0.39, 0.29) is 5.54 Å². The van der Waals surface area contributed by atoms with E-state index in [4.69, 9.17) is 4.42 Å². The molecular formula is C9H14N4O. The second-order valence-electron chi connectivity index (χ2n) is 4.13. The number of nitrogens with zero attached hydrogens (tertiary/aromatic N) is 3. The van der Waals surface area contributed by atoms with Gasteiger partial charge in [0.05, 0.1) is 5.54 Å². The first-order valence-corrected chi connectivity index (χ1v) is 5.15. The Bertz CT molecular complexity index is 299. The molecule has 1 atom stereocenters. The van der Waals surface area contributed by atoms with Gasteiger partial charge in [-0.3, -0.25) is 0 Å². The molecule has 1 aromatic rings. The number of aromatic nitrogens is 2. The van der Waals surface area contributed by atoms with Crippen molar-refractivity contribution in [3.05, 3.63) is 6.39 Å². The van der Waals surface area contributed by atoms with Crippen LogP contribution >= 0.6 is 0 Å². The Balaban J connectivity index is 1.91. The molecule has 2 fully saturated rings. The van der Waals surface area contributed by atoms with E-state index in [0.717, 1.165) is 19.6 Å². The number of nitrogens with one attached hydrogen (secondary N) is 1. The van der Waals surface area contributed by atoms with Crippen molar-refractivity contribution in [3.8, 4) is 0 Å². The van der Waals surface area contributed by atoms with Crippen molar-refractivity contribution in [1.29, 1.82) is 0 Å². The van der Waals surface area contributed by atoms with Gasteiger partial charge in [0.1, 0.15) is 0 Å². The molecule has 1 spiro atoms. The number of anilines is 1. The highest BCUT2D eigenvalue weighted by Crippen LogP contribution is 2.37. The van der Waals surface area contributed by atoms with Crippen LogP contribution in [-0.4, -0.2) is 35.4 Å². The van der Waals surface area contributed by atoms with Gasteiger partial charge < -0.3 is 14.6 Å². The fourth-order valence-electron chi connectivity index (χ4n) is 2.70. The fourth-order valence-corrected chi connectivity index (χ4v) is 2.70. The molecule has 2 saturated heterocycles. The molecule has 2 aliphatic rings. The molecule has 0 aromatic carbocycles. The Morgan fingerprint density at radius 3 is 3.21 bits per heavy atom. The second-order valence-corrected chi connectivity index (χ2v) is 4.13. The van der Waals surface area contributed by atoms with E-state index in [2.05, 4.69) is 20.4 Å². The molecule has 0 bridgehead atoms. The van der Waals surface area contributed by atoms with E-state index >= 15 is 0 Å². The summed E-state index contributed by atoms with van der Waals surface area (Å²) in [6.07, 6.45) is 5.06. The van der Waals surface area contributed by atoms with Crippen LogP contribution < -0.4 is 10.2 Å². The molecule has 2 aliphatic heterocycles. The van der Waals surface area contributed by atoms with Crippen LogP contribution in [0.4, 0.5) is 6.01 Å². The average molecular weight is 194 g/mol. The topological polar surface area (TPSA) is 54.2 Å². The van der Waals surface area contributed by atoms with Crippen LogP contribution in [0.3, 0.4) is 0 Å². The van der Waals surface area contributed by atoms with E-state index in [9.17, 15) is 0 Å². The SMILES string of the molecule is c1nnc(N2CCCC23CCNC3)o1. The smallest absolute Gasteiger partial charge is 0.318 e. The summed E-state index contributed by atoms with van der Waals surface area (Å²) >= 11 is 0. The molecule has 1 N–H and O–H groups in total. The normalized spacial score (nSPS) is 31.9. The molecular weight excluding hydrogens is 180 g/mol. The summed E-state index contributed by atoms with van der Waals surface area (Å²) in [4.78, 5) is 2.28. The van der Waals surface area contributed by atoms with Gasteiger partial charge in [-0.2, -0.15) is 0 Å². The lowest BCUT2D eigenvalue weighted by molar-refractivity contribution is 0.426. The van der Waals surface area contributed by atoms with E-state index in [1.54, 1.807) is 0 Å². The maximum Gasteiger partial charge on any atom is 0.318 e. The molecule has 76 valence electrons. The molecule has 1 unspecified atom stereocenters. The van der Waals surface area contributed by atoms with Gasteiger partial charge in [0.25, 0.3) is 0 Å². The molecule has 14 heavy (non-hydrogen) atoms. The molecule has 0 saturated carbocycles. The van der Waals surface area contributed by atoms with E-state index in [1.807, 2.05) is 0 Å². The third kappa shape index (κ3) is 1.05. The van der Waals surface area contributed by atoms with Gasteiger partial charge in [0, 0.05) is 13.1 Å². The third-order valence-corrected chi connectivity index (χ3v) is 3.40. The summed E-state index contributed by atoms with van der Waals surface area (Å²) in [6, 6.07) is 0.686.